The van der Waals surface area contributed by atoms with Gasteiger partial charge in [0.25, 0.3) is 5.91 Å². The van der Waals surface area contributed by atoms with Crippen LogP contribution < -0.4 is 10.1 Å². The molecule has 0 atom stereocenters. The largest absolute Gasteiger partial charge is 0.488 e. The van der Waals surface area contributed by atoms with E-state index in [0.29, 0.717) is 28.6 Å². The van der Waals surface area contributed by atoms with Crippen LogP contribution in [0, 0.1) is 12.7 Å². The topological polar surface area (TPSA) is 56.1 Å². The van der Waals surface area contributed by atoms with E-state index in [1.54, 1.807) is 35.0 Å². The highest BCUT2D eigenvalue weighted by atomic mass is 79.9. The van der Waals surface area contributed by atoms with Gasteiger partial charge in [-0.25, -0.2) is 4.39 Å². The van der Waals surface area contributed by atoms with Crippen molar-refractivity contribution in [2.75, 3.05) is 5.32 Å². The van der Waals surface area contributed by atoms with Crippen molar-refractivity contribution < 1.29 is 13.9 Å². The van der Waals surface area contributed by atoms with Gasteiger partial charge in [-0.2, -0.15) is 5.10 Å². The molecule has 0 aliphatic heterocycles. The Kier molecular flexibility index (Phi) is 7.11. The number of para-hydroxylation sites is 1. The lowest BCUT2D eigenvalue weighted by Gasteiger charge is -2.09. The molecule has 3 aromatic carbocycles. The second-order valence-electron chi connectivity index (χ2n) is 7.40. The predicted molar refractivity (Wildman–Crippen MR) is 130 cm³/mol. The molecule has 1 amide bonds. The lowest BCUT2D eigenvalue weighted by Crippen LogP contribution is -2.13. The molecule has 4 rings (SSSR count). The molecule has 33 heavy (non-hydrogen) atoms. The van der Waals surface area contributed by atoms with Gasteiger partial charge in [-0.3, -0.25) is 9.48 Å². The van der Waals surface area contributed by atoms with Crippen molar-refractivity contribution in [1.82, 2.24) is 9.78 Å². The summed E-state index contributed by atoms with van der Waals surface area (Å²) in [5, 5.41) is 7.49. The first-order chi connectivity index (χ1) is 15.9. The average molecular weight is 529 g/mol. The Morgan fingerprint density at radius 1 is 1.12 bits per heavy atom. The van der Waals surface area contributed by atoms with Gasteiger partial charge >= 0.3 is 0 Å². The number of halogens is 3. The average Bonchev–Trinajstić information content (AvgIpc) is 3.14. The fourth-order valence-electron chi connectivity index (χ4n) is 3.23. The molecule has 1 aromatic heterocycles. The Morgan fingerprint density at radius 3 is 2.61 bits per heavy atom. The quantitative estimate of drug-likeness (QED) is 0.293. The zero-order valence-corrected chi connectivity index (χ0v) is 20.0. The zero-order chi connectivity index (χ0) is 23.4. The Labute approximate surface area is 204 Å². The van der Waals surface area contributed by atoms with Crippen LogP contribution in [-0.2, 0) is 13.2 Å². The van der Waals surface area contributed by atoms with E-state index in [1.807, 2.05) is 43.3 Å². The number of aromatic nitrogens is 2. The summed E-state index contributed by atoms with van der Waals surface area (Å²) < 4.78 is 22.4. The third-order valence-electron chi connectivity index (χ3n) is 5.04. The Bertz CT molecular complexity index is 1270. The summed E-state index contributed by atoms with van der Waals surface area (Å²) in [5.74, 6) is 0.446. The number of ether oxygens (including phenoxy) is 1. The van der Waals surface area contributed by atoms with Gasteiger partial charge in [-0.1, -0.05) is 41.9 Å². The first kappa shape index (κ1) is 23.0. The van der Waals surface area contributed by atoms with E-state index in [1.165, 1.54) is 6.07 Å². The van der Waals surface area contributed by atoms with E-state index in [9.17, 15) is 9.18 Å². The van der Waals surface area contributed by atoms with Crippen molar-refractivity contribution >= 4 is 39.3 Å². The monoisotopic (exact) mass is 527 g/mol. The lowest BCUT2D eigenvalue weighted by atomic mass is 10.1. The van der Waals surface area contributed by atoms with Crippen molar-refractivity contribution in [2.45, 2.75) is 20.1 Å². The zero-order valence-electron chi connectivity index (χ0n) is 17.7. The number of nitrogens with one attached hydrogen (secondary N) is 1. The Hall–Kier alpha value is -3.16. The number of rotatable bonds is 7. The molecule has 4 aromatic rings. The molecule has 0 aliphatic carbocycles. The van der Waals surface area contributed by atoms with Gasteiger partial charge in [-0.15, -0.1) is 0 Å². The van der Waals surface area contributed by atoms with Crippen molar-refractivity contribution in [3.05, 3.63) is 110 Å². The molecular weight excluding hydrogens is 509 g/mol. The van der Waals surface area contributed by atoms with Crippen LogP contribution in [0.4, 0.5) is 10.2 Å². The van der Waals surface area contributed by atoms with Gasteiger partial charge in [0, 0.05) is 27.9 Å². The molecule has 0 bridgehead atoms. The Balaban J connectivity index is 1.39. The van der Waals surface area contributed by atoms with Crippen LogP contribution >= 0.6 is 27.5 Å². The number of carbonyl (C=O) groups excluding carboxylic acids is 1. The van der Waals surface area contributed by atoms with Gasteiger partial charge in [0.15, 0.2) is 5.82 Å². The number of hydrogen-bond acceptors (Lipinski definition) is 3. The van der Waals surface area contributed by atoms with Crippen LogP contribution in [0.2, 0.25) is 5.02 Å². The van der Waals surface area contributed by atoms with Crippen LogP contribution in [0.25, 0.3) is 0 Å². The van der Waals surface area contributed by atoms with Crippen LogP contribution in [0.15, 0.2) is 77.3 Å². The molecular formula is C25H20BrClFN3O2. The Morgan fingerprint density at radius 2 is 1.88 bits per heavy atom. The fraction of sp³-hybridized carbons (Fsp3) is 0.120. The molecule has 0 aliphatic rings. The molecule has 1 heterocycles. The van der Waals surface area contributed by atoms with Crippen molar-refractivity contribution in [1.29, 1.82) is 0 Å². The number of benzene rings is 3. The third-order valence-corrected chi connectivity index (χ3v) is 6.05. The summed E-state index contributed by atoms with van der Waals surface area (Å²) >= 11 is 9.57. The highest BCUT2D eigenvalue weighted by molar-refractivity contribution is 9.10. The third kappa shape index (κ3) is 5.61. The fourth-order valence-corrected chi connectivity index (χ4v) is 3.85. The minimum Gasteiger partial charge on any atom is -0.488 e. The van der Waals surface area contributed by atoms with E-state index in [-0.39, 0.29) is 12.5 Å². The number of hydrogen-bond donors (Lipinski definition) is 1. The summed E-state index contributed by atoms with van der Waals surface area (Å²) in [6.45, 7) is 2.38. The maximum atomic E-state index is 14.1. The van der Waals surface area contributed by atoms with Gasteiger partial charge in [0.1, 0.15) is 18.2 Å². The number of nitrogens with zero attached hydrogens (tertiary/aromatic N) is 2. The summed E-state index contributed by atoms with van der Waals surface area (Å²) in [7, 11) is 0. The molecule has 8 heteroatoms. The smallest absolute Gasteiger partial charge is 0.256 e. The molecule has 5 nitrogen and oxygen atoms in total. The highest BCUT2D eigenvalue weighted by Crippen LogP contribution is 2.25. The molecule has 0 unspecified atom stereocenters. The summed E-state index contributed by atoms with van der Waals surface area (Å²) in [4.78, 5) is 12.7. The van der Waals surface area contributed by atoms with Gasteiger partial charge in [-0.05, 0) is 64.8 Å². The molecule has 1 N–H and O–H groups in total. The van der Waals surface area contributed by atoms with Crippen molar-refractivity contribution in [3.8, 4) is 5.75 Å². The minimum absolute atomic E-state index is 0.166. The normalized spacial score (nSPS) is 10.8. The second kappa shape index (κ2) is 10.2. The van der Waals surface area contributed by atoms with E-state index in [2.05, 4.69) is 26.3 Å². The van der Waals surface area contributed by atoms with E-state index >= 15 is 0 Å². The molecule has 0 radical (unpaired) electrons. The first-order valence-electron chi connectivity index (χ1n) is 10.2. The number of anilines is 1. The predicted octanol–water partition coefficient (Wildman–Crippen LogP) is 6.63. The van der Waals surface area contributed by atoms with Gasteiger partial charge in [0.05, 0.1) is 11.0 Å². The van der Waals surface area contributed by atoms with Gasteiger partial charge in [0.2, 0.25) is 0 Å². The van der Waals surface area contributed by atoms with Crippen LogP contribution in [0.5, 0.6) is 5.75 Å². The maximum absolute atomic E-state index is 14.1. The first-order valence-corrected chi connectivity index (χ1v) is 11.3. The molecule has 0 fully saturated rings. The highest BCUT2D eigenvalue weighted by Gasteiger charge is 2.13. The summed E-state index contributed by atoms with van der Waals surface area (Å²) in [6, 6.07) is 21.0. The maximum Gasteiger partial charge on any atom is 0.256 e. The van der Waals surface area contributed by atoms with Gasteiger partial charge < -0.3 is 10.1 Å². The lowest BCUT2D eigenvalue weighted by molar-refractivity contribution is 0.102. The van der Waals surface area contributed by atoms with Crippen LogP contribution in [0.1, 0.15) is 27.2 Å². The molecule has 0 spiro atoms. The SMILES string of the molecule is Cc1cc(NC(=O)c2ccc(COc3ccccc3Br)cc2)nn1Cc1c(F)cccc1Cl. The van der Waals surface area contributed by atoms with Crippen molar-refractivity contribution in [3.63, 3.8) is 0 Å². The number of amides is 1. The van der Waals surface area contributed by atoms with E-state index in [4.69, 9.17) is 16.3 Å². The standard InChI is InChI=1S/C25H20BrClFN3O2/c1-16-13-24(30-31(16)14-19-21(27)6-4-7-22(19)28)29-25(32)18-11-9-17(10-12-18)15-33-23-8-3-2-5-20(23)26/h2-13H,14-15H2,1H3,(H,29,30,32). The minimum atomic E-state index is -0.397. The van der Waals surface area contributed by atoms with E-state index in [0.717, 1.165) is 21.5 Å². The molecule has 168 valence electrons. The number of aryl methyl sites for hydroxylation is 1. The summed E-state index contributed by atoms with van der Waals surface area (Å²) in [6.07, 6.45) is 0. The number of carbonyl (C=O) groups is 1. The van der Waals surface area contributed by atoms with Crippen molar-refractivity contribution in [2.24, 2.45) is 0 Å². The van der Waals surface area contributed by atoms with Crippen LogP contribution in [-0.4, -0.2) is 15.7 Å². The molecule has 0 saturated heterocycles. The summed E-state index contributed by atoms with van der Waals surface area (Å²) in [5.41, 5.74) is 2.54. The van der Waals surface area contributed by atoms with E-state index < -0.39 is 5.82 Å². The molecule has 0 saturated carbocycles. The van der Waals surface area contributed by atoms with Crippen LogP contribution in [0.3, 0.4) is 0 Å². The second-order valence-corrected chi connectivity index (χ2v) is 8.66.